The summed E-state index contributed by atoms with van der Waals surface area (Å²) in [5.41, 5.74) is 7.41. The average molecular weight is 451 g/mol. The second-order valence-electron chi connectivity index (χ2n) is 9.38. The molecule has 170 valence electrons. The van der Waals surface area contributed by atoms with Gasteiger partial charge in [-0.15, -0.1) is 0 Å². The molecule has 0 unspecified atom stereocenters. The van der Waals surface area contributed by atoms with Gasteiger partial charge in [-0.1, -0.05) is 48.5 Å². The van der Waals surface area contributed by atoms with Gasteiger partial charge in [-0.25, -0.2) is 4.39 Å². The van der Waals surface area contributed by atoms with E-state index in [0.717, 1.165) is 64.5 Å². The molecule has 0 spiro atoms. The lowest BCUT2D eigenvalue weighted by Crippen LogP contribution is -2.33. The number of hydrogen-bond donors (Lipinski definition) is 1. The molecule has 3 nitrogen and oxygen atoms in total. The number of aromatic amines is 1. The quantitative estimate of drug-likeness (QED) is 0.343. The van der Waals surface area contributed by atoms with Crippen molar-refractivity contribution in [1.82, 2.24) is 9.88 Å². The number of fused-ring (bicyclic) bond motifs is 1. The third-order valence-corrected chi connectivity index (χ3v) is 7.46. The van der Waals surface area contributed by atoms with Crippen LogP contribution in [0.4, 0.5) is 4.39 Å². The second-order valence-corrected chi connectivity index (χ2v) is 9.38. The molecule has 2 aliphatic rings. The first-order valence-electron chi connectivity index (χ1n) is 12.1. The highest BCUT2D eigenvalue weighted by Crippen LogP contribution is 2.51. The van der Waals surface area contributed by atoms with Crippen molar-refractivity contribution in [3.8, 4) is 11.3 Å². The number of hydrogen-bond acceptors (Lipinski definition) is 1. The van der Waals surface area contributed by atoms with Crippen LogP contribution >= 0.6 is 0 Å². The molecule has 2 atom stereocenters. The summed E-state index contributed by atoms with van der Waals surface area (Å²) in [7, 11) is 0. The Kier molecular flexibility index (Phi) is 5.09. The summed E-state index contributed by atoms with van der Waals surface area (Å²) in [5.74, 6) is -0.0968. The molecule has 0 saturated carbocycles. The molecular formula is C30H27FN2O. The summed E-state index contributed by atoms with van der Waals surface area (Å²) in [6, 6.07) is 25.0. The van der Waals surface area contributed by atoms with Crippen LogP contribution in [0.25, 0.3) is 22.2 Å². The molecule has 1 aliphatic heterocycles. The van der Waals surface area contributed by atoms with Gasteiger partial charge in [0.15, 0.2) is 0 Å². The van der Waals surface area contributed by atoms with Crippen LogP contribution in [0.15, 0.2) is 90.0 Å². The van der Waals surface area contributed by atoms with Crippen LogP contribution < -0.4 is 0 Å². The van der Waals surface area contributed by atoms with E-state index in [-0.39, 0.29) is 23.8 Å². The van der Waals surface area contributed by atoms with Gasteiger partial charge in [0.2, 0.25) is 0 Å². The van der Waals surface area contributed by atoms with Crippen molar-refractivity contribution in [2.75, 3.05) is 0 Å². The Bertz CT molecular complexity index is 1400. The molecule has 6 rings (SSSR count). The van der Waals surface area contributed by atoms with E-state index >= 15 is 0 Å². The zero-order chi connectivity index (χ0) is 23.2. The number of benzene rings is 3. The highest BCUT2D eigenvalue weighted by atomic mass is 19.1. The molecule has 4 heteroatoms. The maximum atomic E-state index is 13.9. The Morgan fingerprint density at radius 1 is 0.912 bits per heavy atom. The average Bonchev–Trinajstić information content (AvgIpc) is 3.40. The SMILES string of the molecule is C[C@H](c1ccccc1)N1C(=O)C2=C(CCCC2)[C@@H]1c1c(-c2ccc(F)cc2)[nH]c2ccccc12. The lowest BCUT2D eigenvalue weighted by molar-refractivity contribution is -0.129. The number of H-pyrrole nitrogens is 1. The van der Waals surface area contributed by atoms with Crippen molar-refractivity contribution < 1.29 is 9.18 Å². The van der Waals surface area contributed by atoms with E-state index in [2.05, 4.69) is 41.1 Å². The van der Waals surface area contributed by atoms with Gasteiger partial charge in [-0.3, -0.25) is 4.79 Å². The largest absolute Gasteiger partial charge is 0.354 e. The zero-order valence-corrected chi connectivity index (χ0v) is 19.2. The first kappa shape index (κ1) is 20.9. The molecule has 4 aromatic rings. The first-order chi connectivity index (χ1) is 16.6. The summed E-state index contributed by atoms with van der Waals surface area (Å²) in [6.45, 7) is 2.13. The van der Waals surface area contributed by atoms with Gasteiger partial charge in [0.05, 0.1) is 17.8 Å². The predicted octanol–water partition coefficient (Wildman–Crippen LogP) is 7.49. The molecule has 0 saturated heterocycles. The number of rotatable bonds is 4. The van der Waals surface area contributed by atoms with Gasteiger partial charge in [-0.2, -0.15) is 0 Å². The molecule has 1 N–H and O–H groups in total. The van der Waals surface area contributed by atoms with Gasteiger partial charge in [0.25, 0.3) is 5.91 Å². The molecule has 2 heterocycles. The molecule has 1 aromatic heterocycles. The normalized spacial score (nSPS) is 19.1. The zero-order valence-electron chi connectivity index (χ0n) is 19.2. The Labute approximate surface area is 198 Å². The van der Waals surface area contributed by atoms with Crippen molar-refractivity contribution in [1.29, 1.82) is 0 Å². The fraction of sp³-hybridized carbons (Fsp3) is 0.233. The van der Waals surface area contributed by atoms with E-state index in [9.17, 15) is 9.18 Å². The van der Waals surface area contributed by atoms with Crippen LogP contribution in [-0.2, 0) is 4.79 Å². The van der Waals surface area contributed by atoms with Gasteiger partial charge in [0.1, 0.15) is 5.82 Å². The van der Waals surface area contributed by atoms with Crippen LogP contribution in [0.2, 0.25) is 0 Å². The van der Waals surface area contributed by atoms with Crippen LogP contribution in [0, 0.1) is 5.82 Å². The minimum absolute atomic E-state index is 0.0703. The Balaban J connectivity index is 1.59. The third kappa shape index (κ3) is 3.28. The lowest BCUT2D eigenvalue weighted by atomic mass is 9.85. The fourth-order valence-corrected chi connectivity index (χ4v) is 5.81. The third-order valence-electron chi connectivity index (χ3n) is 7.46. The van der Waals surface area contributed by atoms with Gasteiger partial charge < -0.3 is 9.88 Å². The smallest absolute Gasteiger partial charge is 0.251 e. The number of nitrogens with zero attached hydrogens (tertiary/aromatic N) is 1. The summed E-state index contributed by atoms with van der Waals surface area (Å²) in [4.78, 5) is 19.6. The monoisotopic (exact) mass is 450 g/mol. The summed E-state index contributed by atoms with van der Waals surface area (Å²) in [5, 5.41) is 1.12. The minimum atomic E-state index is -0.256. The van der Waals surface area contributed by atoms with Crippen LogP contribution in [-0.4, -0.2) is 15.8 Å². The first-order valence-corrected chi connectivity index (χ1v) is 12.1. The number of aromatic nitrogens is 1. The molecule has 0 fully saturated rings. The van der Waals surface area contributed by atoms with Crippen molar-refractivity contribution in [2.24, 2.45) is 0 Å². The highest BCUT2D eigenvalue weighted by molar-refractivity contribution is 6.01. The van der Waals surface area contributed by atoms with Crippen molar-refractivity contribution in [3.05, 3.63) is 107 Å². The van der Waals surface area contributed by atoms with Crippen molar-refractivity contribution >= 4 is 16.8 Å². The summed E-state index contributed by atoms with van der Waals surface area (Å²) in [6.07, 6.45) is 3.94. The number of para-hydroxylation sites is 1. The Morgan fingerprint density at radius 3 is 2.41 bits per heavy atom. The van der Waals surface area contributed by atoms with E-state index in [0.29, 0.717) is 0 Å². The topological polar surface area (TPSA) is 36.1 Å². The van der Waals surface area contributed by atoms with Crippen LogP contribution in [0.5, 0.6) is 0 Å². The fourth-order valence-electron chi connectivity index (χ4n) is 5.81. The number of nitrogens with one attached hydrogen (secondary N) is 1. The van der Waals surface area contributed by atoms with E-state index in [1.54, 1.807) is 0 Å². The molecule has 34 heavy (non-hydrogen) atoms. The van der Waals surface area contributed by atoms with Gasteiger partial charge in [-0.05, 0) is 79.6 Å². The maximum absolute atomic E-state index is 13.9. The molecule has 1 amide bonds. The standard InChI is InChI=1S/C30H27FN2O/c1-19(20-9-3-2-4-10-20)33-29(23-11-5-6-12-24(23)30(33)34)27-25-13-7-8-14-26(25)32-28(27)21-15-17-22(31)18-16-21/h2-4,7-10,13-19,29,32H,5-6,11-12H2,1H3/t19-,29-/m1/s1. The molecule has 0 radical (unpaired) electrons. The van der Waals surface area contributed by atoms with E-state index in [1.165, 1.54) is 17.7 Å². The summed E-state index contributed by atoms with van der Waals surface area (Å²) < 4.78 is 13.8. The Hall–Kier alpha value is -3.66. The Morgan fingerprint density at radius 2 is 1.62 bits per heavy atom. The van der Waals surface area contributed by atoms with Gasteiger partial charge >= 0.3 is 0 Å². The number of amides is 1. The molecule has 0 bridgehead atoms. The second kappa shape index (κ2) is 8.28. The van der Waals surface area contributed by atoms with Crippen LogP contribution in [0.3, 0.4) is 0 Å². The molecule has 3 aromatic carbocycles. The number of carbonyl (C=O) groups is 1. The van der Waals surface area contributed by atoms with E-state index in [1.807, 2.05) is 42.5 Å². The maximum Gasteiger partial charge on any atom is 0.251 e. The molecule has 1 aliphatic carbocycles. The molecular weight excluding hydrogens is 423 g/mol. The van der Waals surface area contributed by atoms with E-state index < -0.39 is 0 Å². The van der Waals surface area contributed by atoms with Crippen molar-refractivity contribution in [3.63, 3.8) is 0 Å². The minimum Gasteiger partial charge on any atom is -0.354 e. The van der Waals surface area contributed by atoms with Crippen LogP contribution in [0.1, 0.15) is 55.8 Å². The number of carbonyl (C=O) groups excluding carboxylic acids is 1. The highest BCUT2D eigenvalue weighted by Gasteiger charge is 2.44. The lowest BCUT2D eigenvalue weighted by Gasteiger charge is -2.34. The van der Waals surface area contributed by atoms with E-state index in [4.69, 9.17) is 0 Å². The van der Waals surface area contributed by atoms with Gasteiger partial charge in [0, 0.05) is 22.0 Å². The number of halogens is 1. The summed E-state index contributed by atoms with van der Waals surface area (Å²) >= 11 is 0. The van der Waals surface area contributed by atoms with Crippen molar-refractivity contribution in [2.45, 2.75) is 44.7 Å². The predicted molar refractivity (Wildman–Crippen MR) is 134 cm³/mol.